The largest absolute Gasteiger partial charge is 0.385 e. The van der Waals surface area contributed by atoms with Gasteiger partial charge in [0.15, 0.2) is 0 Å². The Balaban J connectivity index is 2.04. The van der Waals surface area contributed by atoms with Crippen LogP contribution in [0.15, 0.2) is 43.0 Å². The predicted molar refractivity (Wildman–Crippen MR) is 56.7 cm³/mol. The van der Waals surface area contributed by atoms with Gasteiger partial charge in [-0.15, -0.1) is 0 Å². The zero-order chi connectivity index (χ0) is 10.3. The second-order valence-corrected chi connectivity index (χ2v) is 4.05. The summed E-state index contributed by atoms with van der Waals surface area (Å²) in [4.78, 5) is 4.01. The summed E-state index contributed by atoms with van der Waals surface area (Å²) in [5, 5.41) is 10.00. The second-order valence-electron chi connectivity index (χ2n) is 4.05. The SMILES string of the molecule is OC1(c2cccc(-n3ccnc3)c2)CC1. The smallest absolute Gasteiger partial charge is 0.0991 e. The van der Waals surface area contributed by atoms with Crippen molar-refractivity contribution in [2.45, 2.75) is 18.4 Å². The maximum atomic E-state index is 10.00. The van der Waals surface area contributed by atoms with Gasteiger partial charge < -0.3 is 9.67 Å². The van der Waals surface area contributed by atoms with Crippen molar-refractivity contribution in [1.82, 2.24) is 9.55 Å². The van der Waals surface area contributed by atoms with E-state index in [4.69, 9.17) is 0 Å². The zero-order valence-electron chi connectivity index (χ0n) is 8.30. The lowest BCUT2D eigenvalue weighted by molar-refractivity contribution is 0.151. The standard InChI is InChI=1S/C12H12N2O/c15-12(4-5-12)10-2-1-3-11(8-10)14-7-6-13-9-14/h1-3,6-9,15H,4-5H2. The summed E-state index contributed by atoms with van der Waals surface area (Å²) >= 11 is 0. The summed E-state index contributed by atoms with van der Waals surface area (Å²) < 4.78 is 1.94. The lowest BCUT2D eigenvalue weighted by atomic mass is 10.1. The first-order valence-corrected chi connectivity index (χ1v) is 5.09. The van der Waals surface area contributed by atoms with E-state index < -0.39 is 5.60 Å². The van der Waals surface area contributed by atoms with Gasteiger partial charge in [-0.25, -0.2) is 4.98 Å². The van der Waals surface area contributed by atoms with Crippen molar-refractivity contribution in [3.05, 3.63) is 48.5 Å². The minimum absolute atomic E-state index is 0.559. The Bertz CT molecular complexity index is 472. The molecule has 0 spiro atoms. The van der Waals surface area contributed by atoms with Crippen LogP contribution in [0.2, 0.25) is 0 Å². The predicted octanol–water partition coefficient (Wildman–Crippen LogP) is 1.85. The summed E-state index contributed by atoms with van der Waals surface area (Å²) in [7, 11) is 0. The lowest BCUT2D eigenvalue weighted by Gasteiger charge is -2.10. The van der Waals surface area contributed by atoms with E-state index in [1.165, 1.54) is 0 Å². The molecule has 3 rings (SSSR count). The molecule has 1 saturated carbocycles. The van der Waals surface area contributed by atoms with Crippen LogP contribution < -0.4 is 0 Å². The molecule has 1 aliphatic rings. The van der Waals surface area contributed by atoms with Crippen LogP contribution >= 0.6 is 0 Å². The molecular formula is C12H12N2O. The minimum Gasteiger partial charge on any atom is -0.385 e. The van der Waals surface area contributed by atoms with Gasteiger partial charge in [0, 0.05) is 18.1 Å². The average Bonchev–Trinajstić information content (AvgIpc) is 2.84. The third-order valence-corrected chi connectivity index (χ3v) is 2.91. The molecule has 0 unspecified atom stereocenters. The fourth-order valence-electron chi connectivity index (χ4n) is 1.77. The average molecular weight is 200 g/mol. The van der Waals surface area contributed by atoms with Crippen LogP contribution in [0.5, 0.6) is 0 Å². The van der Waals surface area contributed by atoms with Crippen molar-refractivity contribution in [3.63, 3.8) is 0 Å². The van der Waals surface area contributed by atoms with Gasteiger partial charge in [-0.2, -0.15) is 0 Å². The highest BCUT2D eigenvalue weighted by Gasteiger charge is 2.42. The Morgan fingerprint density at radius 2 is 2.20 bits per heavy atom. The van der Waals surface area contributed by atoms with E-state index in [9.17, 15) is 5.11 Å². The number of hydrogen-bond acceptors (Lipinski definition) is 2. The molecule has 15 heavy (non-hydrogen) atoms. The van der Waals surface area contributed by atoms with Crippen molar-refractivity contribution in [3.8, 4) is 5.69 Å². The monoisotopic (exact) mass is 200 g/mol. The number of nitrogens with zero attached hydrogens (tertiary/aromatic N) is 2. The Kier molecular flexibility index (Phi) is 1.70. The van der Waals surface area contributed by atoms with E-state index in [1.54, 1.807) is 12.5 Å². The number of aliphatic hydroxyl groups is 1. The highest BCUT2D eigenvalue weighted by molar-refractivity contribution is 5.40. The summed E-state index contributed by atoms with van der Waals surface area (Å²) in [6, 6.07) is 7.99. The van der Waals surface area contributed by atoms with E-state index in [2.05, 4.69) is 4.98 Å². The first-order chi connectivity index (χ1) is 7.28. The van der Waals surface area contributed by atoms with Gasteiger partial charge in [0.1, 0.15) is 0 Å². The van der Waals surface area contributed by atoms with Gasteiger partial charge in [0.25, 0.3) is 0 Å². The summed E-state index contributed by atoms with van der Waals surface area (Å²) in [5.74, 6) is 0. The van der Waals surface area contributed by atoms with Crippen LogP contribution in [0.4, 0.5) is 0 Å². The molecule has 76 valence electrons. The van der Waals surface area contributed by atoms with Crippen LogP contribution in [-0.4, -0.2) is 14.7 Å². The quantitative estimate of drug-likeness (QED) is 0.803. The molecule has 0 radical (unpaired) electrons. The van der Waals surface area contributed by atoms with Crippen molar-refractivity contribution < 1.29 is 5.11 Å². The maximum absolute atomic E-state index is 10.00. The van der Waals surface area contributed by atoms with Gasteiger partial charge in [0.2, 0.25) is 0 Å². The Morgan fingerprint density at radius 3 is 2.87 bits per heavy atom. The van der Waals surface area contributed by atoms with Crippen molar-refractivity contribution in [2.24, 2.45) is 0 Å². The molecule has 0 aliphatic heterocycles. The molecule has 1 N–H and O–H groups in total. The number of imidazole rings is 1. The van der Waals surface area contributed by atoms with E-state index >= 15 is 0 Å². The molecule has 1 aromatic heterocycles. The molecule has 2 aromatic rings. The van der Waals surface area contributed by atoms with Gasteiger partial charge in [-0.05, 0) is 30.5 Å². The molecule has 1 aliphatic carbocycles. The highest BCUT2D eigenvalue weighted by atomic mass is 16.3. The first kappa shape index (κ1) is 8.68. The van der Waals surface area contributed by atoms with E-state index in [0.717, 1.165) is 24.1 Å². The number of benzene rings is 1. The third kappa shape index (κ3) is 1.45. The molecular weight excluding hydrogens is 188 g/mol. The van der Waals surface area contributed by atoms with Crippen LogP contribution in [0, 0.1) is 0 Å². The Hall–Kier alpha value is -1.61. The summed E-state index contributed by atoms with van der Waals surface area (Å²) in [6.45, 7) is 0. The van der Waals surface area contributed by atoms with E-state index in [-0.39, 0.29) is 0 Å². The highest BCUT2D eigenvalue weighted by Crippen LogP contribution is 2.45. The molecule has 0 saturated heterocycles. The van der Waals surface area contributed by atoms with Crippen LogP contribution in [0.1, 0.15) is 18.4 Å². The lowest BCUT2D eigenvalue weighted by Crippen LogP contribution is -2.04. The van der Waals surface area contributed by atoms with E-state index in [0.29, 0.717) is 0 Å². The molecule has 0 atom stereocenters. The molecule has 3 heteroatoms. The van der Waals surface area contributed by atoms with E-state index in [1.807, 2.05) is 35.0 Å². The molecule has 0 amide bonds. The van der Waals surface area contributed by atoms with Crippen LogP contribution in [0.3, 0.4) is 0 Å². The van der Waals surface area contributed by atoms with Gasteiger partial charge >= 0.3 is 0 Å². The summed E-state index contributed by atoms with van der Waals surface area (Å²) in [5.41, 5.74) is 1.50. The van der Waals surface area contributed by atoms with Crippen LogP contribution in [0.25, 0.3) is 5.69 Å². The van der Waals surface area contributed by atoms with Crippen molar-refractivity contribution >= 4 is 0 Å². The molecule has 1 fully saturated rings. The third-order valence-electron chi connectivity index (χ3n) is 2.91. The molecule has 3 nitrogen and oxygen atoms in total. The second kappa shape index (κ2) is 2.94. The van der Waals surface area contributed by atoms with Gasteiger partial charge in [0.05, 0.1) is 11.9 Å². The topological polar surface area (TPSA) is 38.0 Å². The van der Waals surface area contributed by atoms with Gasteiger partial charge in [-0.3, -0.25) is 0 Å². The molecule has 0 bridgehead atoms. The van der Waals surface area contributed by atoms with Crippen molar-refractivity contribution in [1.29, 1.82) is 0 Å². The fraction of sp³-hybridized carbons (Fsp3) is 0.250. The van der Waals surface area contributed by atoms with Crippen LogP contribution in [-0.2, 0) is 5.60 Å². The fourth-order valence-corrected chi connectivity index (χ4v) is 1.77. The maximum Gasteiger partial charge on any atom is 0.0991 e. The molecule has 1 heterocycles. The van der Waals surface area contributed by atoms with Crippen molar-refractivity contribution in [2.75, 3.05) is 0 Å². The Morgan fingerprint density at radius 1 is 1.33 bits per heavy atom. The number of aromatic nitrogens is 2. The minimum atomic E-state index is -0.559. The number of rotatable bonds is 2. The first-order valence-electron chi connectivity index (χ1n) is 5.09. The molecule has 1 aromatic carbocycles. The Labute approximate surface area is 88.0 Å². The van der Waals surface area contributed by atoms with Gasteiger partial charge in [-0.1, -0.05) is 12.1 Å². The summed E-state index contributed by atoms with van der Waals surface area (Å²) in [6.07, 6.45) is 7.16. The normalized spacial score (nSPS) is 17.7. The zero-order valence-corrected chi connectivity index (χ0v) is 8.30. The number of hydrogen-bond donors (Lipinski definition) is 1.